The van der Waals surface area contributed by atoms with Gasteiger partial charge >= 0.3 is 12.0 Å². The Labute approximate surface area is 175 Å². The summed E-state index contributed by atoms with van der Waals surface area (Å²) < 4.78 is 16.2. The first-order valence-corrected chi connectivity index (χ1v) is 9.88. The monoisotopic (exact) mass is 414 g/mol. The molecule has 8 nitrogen and oxygen atoms in total. The summed E-state index contributed by atoms with van der Waals surface area (Å²) >= 11 is 0. The second-order valence-electron chi connectivity index (χ2n) is 7.29. The van der Waals surface area contributed by atoms with Gasteiger partial charge in [0.15, 0.2) is 0 Å². The van der Waals surface area contributed by atoms with Gasteiger partial charge in [-0.2, -0.15) is 0 Å². The number of likely N-dealkylation sites (N-methyl/N-ethyl adjacent to an activating group) is 1. The number of esters is 1. The van der Waals surface area contributed by atoms with Crippen molar-refractivity contribution in [2.75, 3.05) is 27.3 Å². The lowest BCUT2D eigenvalue weighted by Gasteiger charge is -2.28. The number of nitrogens with one attached hydrogen (secondary N) is 3. The van der Waals surface area contributed by atoms with Gasteiger partial charge in [-0.1, -0.05) is 11.6 Å². The van der Waals surface area contributed by atoms with Gasteiger partial charge in [-0.15, -0.1) is 0 Å². The molecule has 1 aromatic carbocycles. The van der Waals surface area contributed by atoms with Crippen molar-refractivity contribution < 1.29 is 28.4 Å². The zero-order valence-electron chi connectivity index (χ0n) is 17.7. The van der Waals surface area contributed by atoms with E-state index in [1.165, 1.54) is 6.26 Å². The highest BCUT2D eigenvalue weighted by molar-refractivity contribution is 5.95. The zero-order valence-corrected chi connectivity index (χ0v) is 17.7. The van der Waals surface area contributed by atoms with E-state index in [1.807, 2.05) is 26.1 Å². The summed E-state index contributed by atoms with van der Waals surface area (Å²) in [5, 5.41) is 5.54. The first-order valence-electron chi connectivity index (χ1n) is 9.88. The van der Waals surface area contributed by atoms with Crippen LogP contribution in [-0.4, -0.2) is 39.3 Å². The van der Waals surface area contributed by atoms with E-state index in [9.17, 15) is 9.59 Å². The third kappa shape index (κ3) is 4.83. The molecule has 1 aliphatic heterocycles. The molecule has 8 heteroatoms. The van der Waals surface area contributed by atoms with Crippen LogP contribution in [0, 0.1) is 6.92 Å². The predicted octanol–water partition coefficient (Wildman–Crippen LogP) is 1.48. The first-order chi connectivity index (χ1) is 14.4. The van der Waals surface area contributed by atoms with E-state index in [4.69, 9.17) is 13.9 Å². The Bertz CT molecular complexity index is 936. The number of furan rings is 1. The molecular formula is C22H28N3O5+. The van der Waals surface area contributed by atoms with Crippen LogP contribution >= 0.6 is 0 Å². The molecule has 0 fully saturated rings. The molecule has 2 atom stereocenters. The van der Waals surface area contributed by atoms with Crippen molar-refractivity contribution >= 4 is 12.0 Å². The quantitative estimate of drug-likeness (QED) is 0.569. The maximum Gasteiger partial charge on any atom is 0.338 e. The lowest BCUT2D eigenvalue weighted by molar-refractivity contribution is -0.889. The molecule has 30 heavy (non-hydrogen) atoms. The van der Waals surface area contributed by atoms with Crippen LogP contribution < -0.4 is 20.3 Å². The zero-order chi connectivity index (χ0) is 21.7. The van der Waals surface area contributed by atoms with Gasteiger partial charge in [-0.05, 0) is 38.1 Å². The van der Waals surface area contributed by atoms with Gasteiger partial charge in [0.2, 0.25) is 0 Å². The number of carbonyl (C=O) groups excluding carboxylic acids is 2. The lowest BCUT2D eigenvalue weighted by Crippen LogP contribution is -3.08. The standard InChI is InChI=1S/C22H27N3O5/c1-5-29-21(26)19-16(23-22(27)24-20(19)18-7-6-10-30-18)13-25(3)12-15-11-14(2)8-9-17(15)28-4/h6-11,20H,5,12-13H2,1-4H3,(H2,23,24,27)/p+1/t20-/m1/s1. The Hall–Kier alpha value is -3.26. The molecule has 2 aromatic rings. The summed E-state index contributed by atoms with van der Waals surface area (Å²) in [5.74, 6) is 0.799. The fourth-order valence-electron chi connectivity index (χ4n) is 3.61. The number of methoxy groups -OCH3 is 1. The minimum absolute atomic E-state index is 0.234. The van der Waals surface area contributed by atoms with Gasteiger partial charge in [0, 0.05) is 5.56 Å². The van der Waals surface area contributed by atoms with Crippen LogP contribution in [-0.2, 0) is 16.1 Å². The van der Waals surface area contributed by atoms with E-state index in [-0.39, 0.29) is 12.6 Å². The number of aryl methyl sites for hydroxylation is 1. The molecule has 0 saturated heterocycles. The van der Waals surface area contributed by atoms with Gasteiger partial charge in [0.05, 0.1) is 38.3 Å². The van der Waals surface area contributed by atoms with Gasteiger partial charge in [0.25, 0.3) is 0 Å². The summed E-state index contributed by atoms with van der Waals surface area (Å²) in [5.41, 5.74) is 3.05. The van der Waals surface area contributed by atoms with Crippen LogP contribution in [0.1, 0.15) is 29.9 Å². The summed E-state index contributed by atoms with van der Waals surface area (Å²) in [6.45, 7) is 5.07. The molecule has 1 aliphatic rings. The molecule has 0 bridgehead atoms. The number of hydrogen-bond acceptors (Lipinski definition) is 5. The van der Waals surface area contributed by atoms with Gasteiger partial charge in [-0.25, -0.2) is 9.59 Å². The van der Waals surface area contributed by atoms with Crippen LogP contribution in [0.5, 0.6) is 5.75 Å². The maximum absolute atomic E-state index is 12.8. The molecule has 0 spiro atoms. The SMILES string of the molecule is CCOC(=O)C1=C(C[NH+](C)Cc2cc(C)ccc2OC)NC(=O)N[C@@H]1c1ccco1. The highest BCUT2D eigenvalue weighted by atomic mass is 16.5. The molecule has 160 valence electrons. The van der Waals surface area contributed by atoms with E-state index >= 15 is 0 Å². The van der Waals surface area contributed by atoms with Crippen molar-refractivity contribution in [3.63, 3.8) is 0 Å². The number of benzene rings is 1. The van der Waals surface area contributed by atoms with E-state index < -0.39 is 12.0 Å². The normalized spacial score (nSPS) is 17.2. The van der Waals surface area contributed by atoms with E-state index in [1.54, 1.807) is 26.2 Å². The first kappa shape index (κ1) is 21.4. The molecule has 3 N–H and O–H groups in total. The van der Waals surface area contributed by atoms with Gasteiger partial charge < -0.3 is 29.4 Å². The van der Waals surface area contributed by atoms with Crippen molar-refractivity contribution in [1.29, 1.82) is 0 Å². The van der Waals surface area contributed by atoms with Gasteiger partial charge in [-0.3, -0.25) is 0 Å². The predicted molar refractivity (Wildman–Crippen MR) is 110 cm³/mol. The molecule has 0 aliphatic carbocycles. The smallest absolute Gasteiger partial charge is 0.338 e. The number of ether oxygens (including phenoxy) is 2. The fraction of sp³-hybridized carbons (Fsp3) is 0.364. The average molecular weight is 414 g/mol. The number of carbonyl (C=O) groups is 2. The van der Waals surface area contributed by atoms with Crippen molar-refractivity contribution in [3.8, 4) is 5.75 Å². The minimum Gasteiger partial charge on any atom is -0.496 e. The topological polar surface area (TPSA) is 94.2 Å². The number of quaternary nitrogens is 1. The number of rotatable bonds is 8. The Balaban J connectivity index is 1.91. The largest absolute Gasteiger partial charge is 0.496 e. The van der Waals surface area contributed by atoms with Crippen LogP contribution in [0.2, 0.25) is 0 Å². The second-order valence-corrected chi connectivity index (χ2v) is 7.29. The van der Waals surface area contributed by atoms with E-state index in [2.05, 4.69) is 16.7 Å². The molecule has 2 amide bonds. The third-order valence-electron chi connectivity index (χ3n) is 4.88. The molecule has 1 unspecified atom stereocenters. The number of hydrogen-bond donors (Lipinski definition) is 3. The summed E-state index contributed by atoms with van der Waals surface area (Å²) in [7, 11) is 3.64. The number of urea groups is 1. The van der Waals surface area contributed by atoms with E-state index in [0.29, 0.717) is 30.1 Å². The van der Waals surface area contributed by atoms with Gasteiger partial charge in [0.1, 0.15) is 30.6 Å². The Kier molecular flexibility index (Phi) is 6.79. The van der Waals surface area contributed by atoms with Crippen LogP contribution in [0.3, 0.4) is 0 Å². The summed E-state index contributed by atoms with van der Waals surface area (Å²) in [4.78, 5) is 26.1. The molecule has 3 rings (SSSR count). The molecule has 0 saturated carbocycles. The molecule has 2 heterocycles. The van der Waals surface area contributed by atoms with Crippen LogP contribution in [0.25, 0.3) is 0 Å². The minimum atomic E-state index is -0.705. The van der Waals surface area contributed by atoms with Crippen LogP contribution in [0.15, 0.2) is 52.3 Å². The van der Waals surface area contributed by atoms with Crippen molar-refractivity contribution in [3.05, 3.63) is 64.8 Å². The highest BCUT2D eigenvalue weighted by Gasteiger charge is 2.36. The Morgan fingerprint density at radius 3 is 2.73 bits per heavy atom. The van der Waals surface area contributed by atoms with Crippen LogP contribution in [0.4, 0.5) is 4.79 Å². The molecule has 1 aromatic heterocycles. The summed E-state index contributed by atoms with van der Waals surface area (Å²) in [6.07, 6.45) is 1.51. The second kappa shape index (κ2) is 9.49. The maximum atomic E-state index is 12.8. The van der Waals surface area contributed by atoms with Crippen molar-refractivity contribution in [2.45, 2.75) is 26.4 Å². The average Bonchev–Trinajstić information content (AvgIpc) is 3.22. The lowest BCUT2D eigenvalue weighted by atomic mass is 9.99. The van der Waals surface area contributed by atoms with Crippen molar-refractivity contribution in [2.24, 2.45) is 0 Å². The molecule has 0 radical (unpaired) electrons. The highest BCUT2D eigenvalue weighted by Crippen LogP contribution is 2.27. The molecular weight excluding hydrogens is 386 g/mol. The number of amides is 2. The van der Waals surface area contributed by atoms with Crippen molar-refractivity contribution in [1.82, 2.24) is 10.6 Å². The Morgan fingerprint density at radius 2 is 2.07 bits per heavy atom. The third-order valence-corrected chi connectivity index (χ3v) is 4.88. The fourth-order valence-corrected chi connectivity index (χ4v) is 3.61. The van der Waals surface area contributed by atoms with E-state index in [0.717, 1.165) is 21.8 Å². The Morgan fingerprint density at radius 1 is 1.27 bits per heavy atom. The summed E-state index contributed by atoms with van der Waals surface area (Å²) in [6, 6.07) is 8.37.